The lowest BCUT2D eigenvalue weighted by Crippen LogP contribution is -2.30. The van der Waals surface area contributed by atoms with Gasteiger partial charge in [0.1, 0.15) is 33.9 Å². The molecule has 7 heteroatoms. The minimum atomic E-state index is -0.351. The van der Waals surface area contributed by atoms with E-state index in [9.17, 15) is 13.6 Å². The fourth-order valence-corrected chi connectivity index (χ4v) is 3.50. The molecule has 3 aromatic rings. The van der Waals surface area contributed by atoms with E-state index in [0.29, 0.717) is 33.6 Å². The van der Waals surface area contributed by atoms with Crippen LogP contribution in [0, 0.1) is 18.6 Å². The molecule has 0 saturated carbocycles. The maximum Gasteiger partial charge on any atom is 0.270 e. The number of carbonyl (C=O) groups is 1. The molecule has 0 N–H and O–H groups in total. The Bertz CT molecular complexity index is 924. The van der Waals surface area contributed by atoms with Crippen LogP contribution in [0.15, 0.2) is 48.5 Å². The van der Waals surface area contributed by atoms with Crippen LogP contribution in [0.3, 0.4) is 0 Å². The topological polar surface area (TPSA) is 42.4 Å². The molecule has 1 amide bonds. The lowest BCUT2D eigenvalue weighted by molar-refractivity contribution is 0.0991. The third kappa shape index (κ3) is 4.49. The van der Waals surface area contributed by atoms with Crippen molar-refractivity contribution < 1.29 is 18.3 Å². The number of thiazole rings is 1. The summed E-state index contributed by atoms with van der Waals surface area (Å²) >= 11 is 1.26. The molecule has 0 unspecified atom stereocenters. The van der Waals surface area contributed by atoms with E-state index in [0.717, 1.165) is 0 Å². The van der Waals surface area contributed by atoms with E-state index in [4.69, 9.17) is 4.74 Å². The lowest BCUT2D eigenvalue weighted by Gasteiger charge is -2.20. The van der Waals surface area contributed by atoms with Crippen molar-refractivity contribution in [2.24, 2.45) is 0 Å². The first-order chi connectivity index (χ1) is 13.0. The molecule has 4 nitrogen and oxygen atoms in total. The van der Waals surface area contributed by atoms with Gasteiger partial charge in [-0.2, -0.15) is 0 Å². The van der Waals surface area contributed by atoms with E-state index in [-0.39, 0.29) is 24.1 Å². The third-order valence-electron chi connectivity index (χ3n) is 3.91. The van der Waals surface area contributed by atoms with Crippen molar-refractivity contribution in [1.29, 1.82) is 0 Å². The molecule has 0 aliphatic heterocycles. The average Bonchev–Trinajstić information content (AvgIpc) is 3.04. The molecule has 0 spiro atoms. The summed E-state index contributed by atoms with van der Waals surface area (Å²) < 4.78 is 31.7. The van der Waals surface area contributed by atoms with Crippen molar-refractivity contribution in [3.05, 3.63) is 75.7 Å². The Morgan fingerprint density at radius 1 is 1.07 bits per heavy atom. The Labute approximate surface area is 160 Å². The summed E-state index contributed by atoms with van der Waals surface area (Å²) in [5.41, 5.74) is 1.24. The predicted molar refractivity (Wildman–Crippen MR) is 101 cm³/mol. The molecule has 0 aliphatic rings. The Morgan fingerprint density at radius 2 is 1.67 bits per heavy atom. The van der Waals surface area contributed by atoms with Crippen molar-refractivity contribution in [3.63, 3.8) is 0 Å². The molecular formula is C20H18F2N2O2S. The van der Waals surface area contributed by atoms with Crippen molar-refractivity contribution in [3.8, 4) is 5.75 Å². The van der Waals surface area contributed by atoms with Crippen LogP contribution in [0.2, 0.25) is 0 Å². The van der Waals surface area contributed by atoms with Crippen LogP contribution < -0.4 is 9.64 Å². The van der Waals surface area contributed by atoms with Crippen molar-refractivity contribution in [2.75, 3.05) is 11.4 Å². The van der Waals surface area contributed by atoms with Crippen molar-refractivity contribution >= 4 is 22.9 Å². The second-order valence-corrected chi connectivity index (χ2v) is 6.87. The van der Waals surface area contributed by atoms with Crippen LogP contribution in [0.25, 0.3) is 0 Å². The van der Waals surface area contributed by atoms with E-state index in [1.807, 2.05) is 6.92 Å². The Balaban J connectivity index is 1.75. The standard InChI is InChI=1S/C20H18F2N2O2S/c1-3-24(16-8-4-14(21)5-9-16)20(25)19-13(2)23-18(27-19)12-26-17-10-6-15(22)7-11-17/h4-11H,3,12H2,1-2H3. The summed E-state index contributed by atoms with van der Waals surface area (Å²) in [4.78, 5) is 19.4. The highest BCUT2D eigenvalue weighted by Gasteiger charge is 2.22. The van der Waals surface area contributed by atoms with Crippen LogP contribution in [0.5, 0.6) is 5.75 Å². The Kier molecular flexibility index (Phi) is 5.81. The van der Waals surface area contributed by atoms with Crippen LogP contribution in [-0.2, 0) is 6.61 Å². The number of hydrogen-bond donors (Lipinski definition) is 0. The normalized spacial score (nSPS) is 10.7. The number of amides is 1. The summed E-state index contributed by atoms with van der Waals surface area (Å²) in [5, 5.41) is 0.648. The van der Waals surface area contributed by atoms with Gasteiger partial charge in [-0.25, -0.2) is 13.8 Å². The van der Waals surface area contributed by atoms with Gasteiger partial charge in [-0.1, -0.05) is 0 Å². The molecule has 2 aromatic carbocycles. The fourth-order valence-electron chi connectivity index (χ4n) is 2.58. The molecule has 1 heterocycles. The van der Waals surface area contributed by atoms with Crippen molar-refractivity contribution in [1.82, 2.24) is 4.98 Å². The van der Waals surface area contributed by atoms with Crippen molar-refractivity contribution in [2.45, 2.75) is 20.5 Å². The number of rotatable bonds is 6. The highest BCUT2D eigenvalue weighted by Crippen LogP contribution is 2.25. The Hall–Kier alpha value is -2.80. The molecule has 0 saturated heterocycles. The Morgan fingerprint density at radius 3 is 2.26 bits per heavy atom. The zero-order valence-corrected chi connectivity index (χ0v) is 15.7. The number of nitrogens with zero attached hydrogens (tertiary/aromatic N) is 2. The van der Waals surface area contributed by atoms with E-state index >= 15 is 0 Å². The number of halogens is 2. The molecule has 0 aliphatic carbocycles. The van der Waals surface area contributed by atoms with Gasteiger partial charge < -0.3 is 9.64 Å². The van der Waals surface area contributed by atoms with Crippen LogP contribution in [-0.4, -0.2) is 17.4 Å². The molecule has 0 fully saturated rings. The van der Waals surface area contributed by atoms with Gasteiger partial charge in [-0.15, -0.1) is 11.3 Å². The van der Waals surface area contributed by atoms with Gasteiger partial charge in [0.15, 0.2) is 0 Å². The number of carbonyl (C=O) groups excluding carboxylic acids is 1. The van der Waals surface area contributed by atoms with E-state index < -0.39 is 0 Å². The zero-order valence-electron chi connectivity index (χ0n) is 14.9. The van der Waals surface area contributed by atoms with Crippen LogP contribution in [0.4, 0.5) is 14.5 Å². The van der Waals surface area contributed by atoms with Gasteiger partial charge in [0.25, 0.3) is 5.91 Å². The number of benzene rings is 2. The SMILES string of the molecule is CCN(C(=O)c1sc(COc2ccc(F)cc2)nc1C)c1ccc(F)cc1. The minimum absolute atomic E-state index is 0.188. The molecule has 27 heavy (non-hydrogen) atoms. The molecular weight excluding hydrogens is 370 g/mol. The van der Waals surface area contributed by atoms with Gasteiger partial charge >= 0.3 is 0 Å². The summed E-state index contributed by atoms with van der Waals surface area (Å²) in [6.07, 6.45) is 0. The monoisotopic (exact) mass is 388 g/mol. The highest BCUT2D eigenvalue weighted by molar-refractivity contribution is 7.13. The summed E-state index contributed by atoms with van der Waals surface area (Å²) in [6, 6.07) is 11.5. The summed E-state index contributed by atoms with van der Waals surface area (Å²) in [7, 11) is 0. The summed E-state index contributed by atoms with van der Waals surface area (Å²) in [6.45, 7) is 4.26. The zero-order chi connectivity index (χ0) is 19.4. The quantitative estimate of drug-likeness (QED) is 0.598. The largest absolute Gasteiger partial charge is 0.486 e. The van der Waals surface area contributed by atoms with E-state index in [2.05, 4.69) is 4.98 Å². The summed E-state index contributed by atoms with van der Waals surface area (Å²) in [5.74, 6) is -0.344. The fraction of sp³-hybridized carbons (Fsp3) is 0.200. The molecule has 140 valence electrons. The van der Waals surface area contributed by atoms with Gasteiger partial charge in [-0.05, 0) is 62.4 Å². The third-order valence-corrected chi connectivity index (χ3v) is 5.03. The average molecular weight is 388 g/mol. The number of hydrogen-bond acceptors (Lipinski definition) is 4. The second kappa shape index (κ2) is 8.26. The maximum absolute atomic E-state index is 13.1. The van der Waals surface area contributed by atoms with Crippen LogP contribution >= 0.6 is 11.3 Å². The smallest absolute Gasteiger partial charge is 0.270 e. The lowest BCUT2D eigenvalue weighted by atomic mass is 10.2. The van der Waals surface area contributed by atoms with Crippen LogP contribution in [0.1, 0.15) is 27.3 Å². The second-order valence-electron chi connectivity index (χ2n) is 5.79. The van der Waals surface area contributed by atoms with Gasteiger partial charge in [-0.3, -0.25) is 4.79 Å². The first kappa shape index (κ1) is 19.0. The predicted octanol–water partition coefficient (Wildman–Crippen LogP) is 4.98. The van der Waals surface area contributed by atoms with E-state index in [1.54, 1.807) is 24.0 Å². The molecule has 1 aromatic heterocycles. The first-order valence-electron chi connectivity index (χ1n) is 8.40. The van der Waals surface area contributed by atoms with Gasteiger partial charge in [0.05, 0.1) is 5.69 Å². The molecule has 3 rings (SSSR count). The van der Waals surface area contributed by atoms with Gasteiger partial charge in [0.2, 0.25) is 0 Å². The highest BCUT2D eigenvalue weighted by atomic mass is 32.1. The maximum atomic E-state index is 13.1. The number of ether oxygens (including phenoxy) is 1. The van der Waals surface area contributed by atoms with E-state index in [1.165, 1.54) is 47.7 Å². The molecule has 0 radical (unpaired) electrons. The number of aryl methyl sites for hydroxylation is 1. The first-order valence-corrected chi connectivity index (χ1v) is 9.21. The molecule has 0 bridgehead atoms. The minimum Gasteiger partial charge on any atom is -0.486 e. The number of aromatic nitrogens is 1. The molecule has 0 atom stereocenters. The van der Waals surface area contributed by atoms with Gasteiger partial charge in [0, 0.05) is 12.2 Å². The number of anilines is 1.